The molecule has 0 aliphatic carbocycles. The van der Waals surface area contributed by atoms with Crippen molar-refractivity contribution < 1.29 is 8.76 Å². The normalized spacial score (nSPS) is 13.4. The van der Waals surface area contributed by atoms with Crippen LogP contribution in [0.1, 0.15) is 27.7 Å². The standard InChI is InChI=1S/C6H14FNOP/c1-5(2)8(6(3)4)10(7)9/h5-6H,1-4H3/q+1. The Labute approximate surface area is 62.4 Å². The Hall–Kier alpha value is -0.0100. The van der Waals surface area contributed by atoms with Crippen molar-refractivity contribution in [3.8, 4) is 0 Å². The molecule has 0 aliphatic rings. The quantitative estimate of drug-likeness (QED) is 0.601. The van der Waals surface area contributed by atoms with E-state index < -0.39 is 8.26 Å². The molecule has 0 fully saturated rings. The van der Waals surface area contributed by atoms with Gasteiger partial charge in [-0.25, -0.2) is 0 Å². The molecule has 1 atom stereocenters. The molecule has 4 heteroatoms. The molecule has 0 aromatic rings. The lowest BCUT2D eigenvalue weighted by molar-refractivity contribution is 0.294. The maximum atomic E-state index is 12.3. The van der Waals surface area contributed by atoms with Gasteiger partial charge in [-0.2, -0.15) is 0 Å². The molecule has 0 radical (unpaired) electrons. The lowest BCUT2D eigenvalue weighted by Crippen LogP contribution is -2.29. The second-order valence-electron chi connectivity index (χ2n) is 2.79. The summed E-state index contributed by atoms with van der Waals surface area (Å²) in [6.45, 7) is 7.30. The monoisotopic (exact) mass is 166 g/mol. The average molecular weight is 166 g/mol. The van der Waals surface area contributed by atoms with Crippen molar-refractivity contribution in [2.45, 2.75) is 39.8 Å². The minimum Gasteiger partial charge on any atom is -0.0583 e. The van der Waals surface area contributed by atoms with E-state index in [0.29, 0.717) is 0 Å². The van der Waals surface area contributed by atoms with Gasteiger partial charge in [0.15, 0.2) is 0 Å². The Balaban J connectivity index is 4.12. The summed E-state index contributed by atoms with van der Waals surface area (Å²) in [6, 6.07) is 0.0159. The van der Waals surface area contributed by atoms with Crippen molar-refractivity contribution in [2.24, 2.45) is 0 Å². The summed E-state index contributed by atoms with van der Waals surface area (Å²) in [5.74, 6) is 0. The van der Waals surface area contributed by atoms with E-state index >= 15 is 0 Å². The van der Waals surface area contributed by atoms with Gasteiger partial charge in [0.2, 0.25) is 0 Å². The third-order valence-corrected chi connectivity index (χ3v) is 2.53. The average Bonchev–Trinajstić information content (AvgIpc) is 1.59. The van der Waals surface area contributed by atoms with E-state index in [4.69, 9.17) is 0 Å². The first kappa shape index (κ1) is 9.99. The molecule has 0 bridgehead atoms. The molecule has 0 aromatic carbocycles. The number of halogens is 1. The van der Waals surface area contributed by atoms with E-state index in [1.54, 1.807) is 0 Å². The first-order valence-electron chi connectivity index (χ1n) is 3.38. The van der Waals surface area contributed by atoms with Gasteiger partial charge < -0.3 is 0 Å². The molecule has 0 amide bonds. The fourth-order valence-electron chi connectivity index (χ4n) is 0.959. The first-order valence-corrected chi connectivity index (χ1v) is 4.48. The highest BCUT2D eigenvalue weighted by Crippen LogP contribution is 2.32. The van der Waals surface area contributed by atoms with Gasteiger partial charge >= 0.3 is 8.26 Å². The lowest BCUT2D eigenvalue weighted by atomic mass is 10.3. The summed E-state index contributed by atoms with van der Waals surface area (Å²) >= 11 is 0. The Morgan fingerprint density at radius 2 is 1.50 bits per heavy atom. The Bertz CT molecular complexity index is 119. The highest BCUT2D eigenvalue weighted by atomic mass is 31.1. The van der Waals surface area contributed by atoms with E-state index in [9.17, 15) is 8.76 Å². The summed E-state index contributed by atoms with van der Waals surface area (Å²) < 4.78 is 24.1. The molecule has 2 nitrogen and oxygen atoms in total. The Morgan fingerprint density at radius 1 is 1.20 bits per heavy atom. The smallest absolute Gasteiger partial charge is 0.0583 e. The highest BCUT2D eigenvalue weighted by Gasteiger charge is 2.33. The van der Waals surface area contributed by atoms with Crippen LogP contribution >= 0.6 is 8.26 Å². The molecule has 0 aromatic heterocycles. The van der Waals surface area contributed by atoms with Crippen LogP contribution in [-0.4, -0.2) is 16.8 Å². The van der Waals surface area contributed by atoms with E-state index in [-0.39, 0.29) is 12.1 Å². The summed E-state index contributed by atoms with van der Waals surface area (Å²) in [7, 11) is -2.66. The van der Waals surface area contributed by atoms with Gasteiger partial charge in [-0.05, 0) is 32.3 Å². The first-order chi connectivity index (χ1) is 4.46. The predicted molar refractivity (Wildman–Crippen MR) is 40.8 cm³/mol. The van der Waals surface area contributed by atoms with Crippen LogP contribution in [-0.2, 0) is 4.57 Å². The van der Waals surface area contributed by atoms with Crippen molar-refractivity contribution in [1.82, 2.24) is 4.67 Å². The molecule has 0 saturated heterocycles. The number of hydrogen-bond donors (Lipinski definition) is 0. The molecule has 1 unspecified atom stereocenters. The SMILES string of the molecule is CC(C)N(C(C)C)[P+](=O)F. The topological polar surface area (TPSA) is 20.3 Å². The molecule has 0 spiro atoms. The Kier molecular flexibility index (Phi) is 3.99. The molecule has 0 heterocycles. The zero-order valence-corrected chi connectivity index (χ0v) is 7.73. The van der Waals surface area contributed by atoms with E-state index in [0.717, 1.165) is 0 Å². The zero-order chi connectivity index (χ0) is 8.31. The highest BCUT2D eigenvalue weighted by molar-refractivity contribution is 7.35. The second-order valence-corrected chi connectivity index (χ2v) is 3.71. The third-order valence-electron chi connectivity index (χ3n) is 1.24. The van der Waals surface area contributed by atoms with Gasteiger partial charge in [0.25, 0.3) is 0 Å². The van der Waals surface area contributed by atoms with Crippen molar-refractivity contribution >= 4 is 8.26 Å². The largest absolute Gasteiger partial charge is 0.663 e. The van der Waals surface area contributed by atoms with Crippen LogP contribution in [0.25, 0.3) is 0 Å². The van der Waals surface area contributed by atoms with Crippen LogP contribution in [0, 0.1) is 0 Å². The molecule has 10 heavy (non-hydrogen) atoms. The number of nitrogens with zero attached hydrogens (tertiary/aromatic N) is 1. The van der Waals surface area contributed by atoms with Crippen LogP contribution in [0.4, 0.5) is 4.20 Å². The second kappa shape index (κ2) is 3.99. The lowest BCUT2D eigenvalue weighted by Gasteiger charge is -2.14. The maximum absolute atomic E-state index is 12.3. The summed E-state index contributed by atoms with van der Waals surface area (Å²) in [5.41, 5.74) is 0. The number of rotatable bonds is 3. The van der Waals surface area contributed by atoms with E-state index in [2.05, 4.69) is 0 Å². The van der Waals surface area contributed by atoms with Gasteiger partial charge in [-0.3, -0.25) is 0 Å². The maximum Gasteiger partial charge on any atom is 0.663 e. The predicted octanol–water partition coefficient (Wildman–Crippen LogP) is 2.73. The van der Waals surface area contributed by atoms with Gasteiger partial charge in [-0.15, -0.1) is 0 Å². The molecule has 0 N–H and O–H groups in total. The summed E-state index contributed by atoms with van der Waals surface area (Å²) in [6.07, 6.45) is 0. The minimum absolute atomic E-state index is 0.00797. The minimum atomic E-state index is -2.66. The van der Waals surface area contributed by atoms with Crippen LogP contribution < -0.4 is 0 Å². The molecule has 0 aliphatic heterocycles. The van der Waals surface area contributed by atoms with Crippen molar-refractivity contribution in [3.63, 3.8) is 0 Å². The van der Waals surface area contributed by atoms with Crippen LogP contribution in [0.3, 0.4) is 0 Å². The third kappa shape index (κ3) is 2.72. The van der Waals surface area contributed by atoms with Crippen molar-refractivity contribution in [1.29, 1.82) is 0 Å². The fourth-order valence-corrected chi connectivity index (χ4v) is 1.69. The van der Waals surface area contributed by atoms with Crippen molar-refractivity contribution in [2.75, 3.05) is 0 Å². The number of hydrogen-bond acceptors (Lipinski definition) is 1. The molecular weight excluding hydrogens is 152 g/mol. The Morgan fingerprint density at radius 3 is 1.50 bits per heavy atom. The van der Waals surface area contributed by atoms with Crippen LogP contribution in [0.2, 0.25) is 0 Å². The summed E-state index contributed by atoms with van der Waals surface area (Å²) in [5, 5.41) is 0. The van der Waals surface area contributed by atoms with Gasteiger partial charge in [-0.1, -0.05) is 4.67 Å². The molecule has 60 valence electrons. The van der Waals surface area contributed by atoms with Gasteiger partial charge in [0.05, 0.1) is 16.3 Å². The van der Waals surface area contributed by atoms with Gasteiger partial charge in [0, 0.05) is 0 Å². The molecule has 0 saturated carbocycles. The van der Waals surface area contributed by atoms with Gasteiger partial charge in [0.1, 0.15) is 0 Å². The zero-order valence-electron chi connectivity index (χ0n) is 6.84. The van der Waals surface area contributed by atoms with Crippen molar-refractivity contribution in [3.05, 3.63) is 0 Å². The summed E-state index contributed by atoms with van der Waals surface area (Å²) in [4.78, 5) is 0. The van der Waals surface area contributed by atoms with E-state index in [1.165, 1.54) is 4.67 Å². The van der Waals surface area contributed by atoms with Crippen LogP contribution in [0.15, 0.2) is 0 Å². The van der Waals surface area contributed by atoms with E-state index in [1.807, 2.05) is 27.7 Å². The fraction of sp³-hybridized carbons (Fsp3) is 1.00. The molecule has 0 rings (SSSR count). The van der Waals surface area contributed by atoms with Crippen LogP contribution in [0.5, 0.6) is 0 Å². The molecular formula is C6H14FNOP+.